The van der Waals surface area contributed by atoms with E-state index < -0.39 is 12.0 Å². The predicted octanol–water partition coefficient (Wildman–Crippen LogP) is 1.26. The molecule has 4 nitrogen and oxygen atoms in total. The fourth-order valence-electron chi connectivity index (χ4n) is 2.14. The molecule has 0 aromatic carbocycles. The van der Waals surface area contributed by atoms with E-state index in [9.17, 15) is 4.79 Å². The Morgan fingerprint density at radius 3 is 2.73 bits per heavy atom. The van der Waals surface area contributed by atoms with E-state index in [0.29, 0.717) is 0 Å². The lowest BCUT2D eigenvalue weighted by atomic mass is 10.0. The van der Waals surface area contributed by atoms with Crippen LogP contribution in [-0.2, 0) is 9.53 Å². The van der Waals surface area contributed by atoms with Crippen LogP contribution in [0, 0.1) is 5.92 Å². The van der Waals surface area contributed by atoms with Gasteiger partial charge in [-0.1, -0.05) is 25.7 Å². The molecule has 0 spiro atoms. The molecule has 0 bridgehead atoms. The maximum Gasteiger partial charge on any atom is 0.323 e. The maximum atomic E-state index is 10.8. The summed E-state index contributed by atoms with van der Waals surface area (Å²) in [5, 5.41) is 11.9. The molecule has 1 saturated carbocycles. The fourth-order valence-corrected chi connectivity index (χ4v) is 2.14. The molecule has 0 aromatic heterocycles. The molecule has 1 atom stereocenters. The van der Waals surface area contributed by atoms with E-state index in [1.54, 1.807) is 0 Å². The smallest absolute Gasteiger partial charge is 0.323 e. The third-order valence-corrected chi connectivity index (χ3v) is 3.05. The predicted molar refractivity (Wildman–Crippen MR) is 57.9 cm³/mol. The Kier molecular flexibility index (Phi) is 5.65. The Morgan fingerprint density at radius 2 is 2.20 bits per heavy atom. The first-order valence-electron chi connectivity index (χ1n) is 5.69. The van der Waals surface area contributed by atoms with E-state index in [2.05, 4.69) is 5.32 Å². The molecule has 1 aliphatic rings. The molecule has 0 amide bonds. The lowest BCUT2D eigenvalue weighted by Gasteiger charge is -2.15. The molecular formula is C11H21NO3. The van der Waals surface area contributed by atoms with Crippen LogP contribution in [0.5, 0.6) is 0 Å². The number of hydrogen-bond donors (Lipinski definition) is 2. The van der Waals surface area contributed by atoms with Gasteiger partial charge in [0, 0.05) is 7.11 Å². The number of hydrogen-bond acceptors (Lipinski definition) is 3. The standard InChI is InChI=1S/C11H21NO3/c1-15-8-10(11(13)14)12-7-6-9-4-2-3-5-9/h9-10,12H,2-8H2,1H3,(H,13,14). The van der Waals surface area contributed by atoms with Gasteiger partial charge in [-0.2, -0.15) is 0 Å². The van der Waals surface area contributed by atoms with Crippen LogP contribution < -0.4 is 5.32 Å². The van der Waals surface area contributed by atoms with Crippen molar-refractivity contribution in [1.82, 2.24) is 5.32 Å². The molecule has 0 heterocycles. The highest BCUT2D eigenvalue weighted by Crippen LogP contribution is 2.26. The minimum absolute atomic E-state index is 0.236. The Balaban J connectivity index is 2.12. The van der Waals surface area contributed by atoms with Crippen LogP contribution in [0.1, 0.15) is 32.1 Å². The molecule has 1 unspecified atom stereocenters. The van der Waals surface area contributed by atoms with Gasteiger partial charge < -0.3 is 15.2 Å². The average Bonchev–Trinajstić information content (AvgIpc) is 2.69. The summed E-state index contributed by atoms with van der Waals surface area (Å²) in [6.07, 6.45) is 6.39. The molecule has 0 saturated heterocycles. The van der Waals surface area contributed by atoms with Crippen molar-refractivity contribution >= 4 is 5.97 Å². The lowest BCUT2D eigenvalue weighted by molar-refractivity contribution is -0.140. The average molecular weight is 215 g/mol. The molecule has 2 N–H and O–H groups in total. The van der Waals surface area contributed by atoms with Crippen molar-refractivity contribution in [1.29, 1.82) is 0 Å². The van der Waals surface area contributed by atoms with Crippen molar-refractivity contribution < 1.29 is 14.6 Å². The number of carboxylic acid groups (broad SMARTS) is 1. The van der Waals surface area contributed by atoms with Crippen molar-refractivity contribution in [3.05, 3.63) is 0 Å². The summed E-state index contributed by atoms with van der Waals surface area (Å²) in [4.78, 5) is 10.8. The SMILES string of the molecule is COCC(NCCC1CCCC1)C(=O)O. The summed E-state index contributed by atoms with van der Waals surface area (Å²) >= 11 is 0. The molecule has 1 fully saturated rings. The minimum atomic E-state index is -0.830. The van der Waals surface area contributed by atoms with Crippen LogP contribution in [0.15, 0.2) is 0 Å². The quantitative estimate of drug-likeness (QED) is 0.671. The van der Waals surface area contributed by atoms with Gasteiger partial charge >= 0.3 is 5.97 Å². The van der Waals surface area contributed by atoms with Gasteiger partial charge in [0.1, 0.15) is 6.04 Å². The molecular weight excluding hydrogens is 194 g/mol. The van der Waals surface area contributed by atoms with Gasteiger partial charge in [0.25, 0.3) is 0 Å². The van der Waals surface area contributed by atoms with Crippen molar-refractivity contribution in [2.45, 2.75) is 38.1 Å². The molecule has 4 heteroatoms. The summed E-state index contributed by atoms with van der Waals surface area (Å²) in [5.41, 5.74) is 0. The molecule has 88 valence electrons. The highest BCUT2D eigenvalue weighted by atomic mass is 16.5. The Morgan fingerprint density at radius 1 is 1.53 bits per heavy atom. The van der Waals surface area contributed by atoms with E-state index in [-0.39, 0.29) is 6.61 Å². The first kappa shape index (κ1) is 12.5. The van der Waals surface area contributed by atoms with Crippen LogP contribution in [0.25, 0.3) is 0 Å². The first-order valence-corrected chi connectivity index (χ1v) is 5.69. The number of methoxy groups -OCH3 is 1. The van der Waals surface area contributed by atoms with Crippen LogP contribution >= 0.6 is 0 Å². The number of nitrogens with one attached hydrogen (secondary N) is 1. The molecule has 1 rings (SSSR count). The van der Waals surface area contributed by atoms with Crippen molar-refractivity contribution in [3.8, 4) is 0 Å². The number of carbonyl (C=O) groups is 1. The summed E-state index contributed by atoms with van der Waals surface area (Å²) in [7, 11) is 1.52. The van der Waals surface area contributed by atoms with Gasteiger partial charge in [0.05, 0.1) is 6.61 Å². The first-order chi connectivity index (χ1) is 7.24. The Hall–Kier alpha value is -0.610. The number of ether oxygens (including phenoxy) is 1. The summed E-state index contributed by atoms with van der Waals surface area (Å²) in [5.74, 6) is -0.0299. The number of rotatable bonds is 7. The summed E-state index contributed by atoms with van der Waals surface area (Å²) in [6.45, 7) is 1.02. The normalized spacial score (nSPS) is 19.3. The maximum absolute atomic E-state index is 10.8. The number of carboxylic acids is 1. The van der Waals surface area contributed by atoms with Crippen LogP contribution in [0.3, 0.4) is 0 Å². The van der Waals surface area contributed by atoms with Gasteiger partial charge in [0.2, 0.25) is 0 Å². The Labute approximate surface area is 91.0 Å². The zero-order valence-electron chi connectivity index (χ0n) is 9.37. The monoisotopic (exact) mass is 215 g/mol. The van der Waals surface area contributed by atoms with E-state index in [1.165, 1.54) is 32.8 Å². The third kappa shape index (κ3) is 4.62. The van der Waals surface area contributed by atoms with E-state index in [1.807, 2.05) is 0 Å². The van der Waals surface area contributed by atoms with Gasteiger partial charge in [-0.15, -0.1) is 0 Å². The molecule has 0 radical (unpaired) electrons. The zero-order valence-corrected chi connectivity index (χ0v) is 9.37. The van der Waals surface area contributed by atoms with Crippen molar-refractivity contribution in [2.24, 2.45) is 5.92 Å². The van der Waals surface area contributed by atoms with Gasteiger partial charge in [-0.25, -0.2) is 0 Å². The van der Waals surface area contributed by atoms with Gasteiger partial charge in [-0.05, 0) is 18.9 Å². The van der Waals surface area contributed by atoms with E-state index >= 15 is 0 Å². The van der Waals surface area contributed by atoms with E-state index in [0.717, 1.165) is 18.9 Å². The van der Waals surface area contributed by atoms with Crippen LogP contribution in [0.2, 0.25) is 0 Å². The molecule has 0 aromatic rings. The topological polar surface area (TPSA) is 58.6 Å². The molecule has 1 aliphatic carbocycles. The second kappa shape index (κ2) is 6.80. The highest BCUT2D eigenvalue weighted by molar-refractivity contribution is 5.73. The minimum Gasteiger partial charge on any atom is -0.480 e. The third-order valence-electron chi connectivity index (χ3n) is 3.05. The highest BCUT2D eigenvalue weighted by Gasteiger charge is 2.18. The lowest BCUT2D eigenvalue weighted by Crippen LogP contribution is -2.41. The fraction of sp³-hybridized carbons (Fsp3) is 0.909. The van der Waals surface area contributed by atoms with Gasteiger partial charge in [0.15, 0.2) is 0 Å². The summed E-state index contributed by atoms with van der Waals surface area (Å²) < 4.78 is 4.84. The zero-order chi connectivity index (χ0) is 11.1. The van der Waals surface area contributed by atoms with Crippen molar-refractivity contribution in [3.63, 3.8) is 0 Å². The largest absolute Gasteiger partial charge is 0.480 e. The van der Waals surface area contributed by atoms with Crippen LogP contribution in [0.4, 0.5) is 0 Å². The van der Waals surface area contributed by atoms with Gasteiger partial charge in [-0.3, -0.25) is 4.79 Å². The second-order valence-electron chi connectivity index (χ2n) is 4.24. The second-order valence-corrected chi connectivity index (χ2v) is 4.24. The number of aliphatic carboxylic acids is 1. The molecule has 0 aliphatic heterocycles. The molecule has 15 heavy (non-hydrogen) atoms. The summed E-state index contributed by atoms with van der Waals surface area (Å²) in [6, 6.07) is -0.559. The Bertz CT molecular complexity index is 190. The van der Waals surface area contributed by atoms with Crippen molar-refractivity contribution in [2.75, 3.05) is 20.3 Å². The van der Waals surface area contributed by atoms with Crippen LogP contribution in [-0.4, -0.2) is 37.4 Å². The van der Waals surface area contributed by atoms with E-state index in [4.69, 9.17) is 9.84 Å².